The second-order valence-electron chi connectivity index (χ2n) is 6.78. The molecule has 1 rings (SSSR count). The number of hydrogen-bond acceptors (Lipinski definition) is 5. The molecule has 1 aliphatic rings. The van der Waals surface area contributed by atoms with Crippen molar-refractivity contribution < 1.29 is 24.9 Å². The molecule has 1 aliphatic heterocycles. The molecule has 0 radical (unpaired) electrons. The molecule has 6 nitrogen and oxygen atoms in total. The number of rotatable bonds is 12. The molecule has 1 saturated heterocycles. The van der Waals surface area contributed by atoms with Crippen LogP contribution in [-0.4, -0.2) is 58.8 Å². The highest BCUT2D eigenvalue weighted by atomic mass is 16.5. The van der Waals surface area contributed by atoms with Gasteiger partial charge in [-0.3, -0.25) is 4.79 Å². The fourth-order valence-corrected chi connectivity index (χ4v) is 3.08. The Bertz CT molecular complexity index is 337. The maximum absolute atomic E-state index is 12.0. The van der Waals surface area contributed by atoms with Crippen molar-refractivity contribution in [1.29, 1.82) is 0 Å². The molecule has 4 atom stereocenters. The number of aliphatic hydroxyl groups excluding tert-OH is 3. The zero-order valence-electron chi connectivity index (χ0n) is 15.0. The smallest absolute Gasteiger partial charge is 0.220 e. The maximum Gasteiger partial charge on any atom is 0.220 e. The van der Waals surface area contributed by atoms with Crippen molar-refractivity contribution in [2.24, 2.45) is 0 Å². The van der Waals surface area contributed by atoms with Crippen LogP contribution in [0.25, 0.3) is 0 Å². The number of carbonyl (C=O) groups is 1. The number of unbranched alkanes of at least 4 members (excludes halogenated alkanes) is 8. The second-order valence-corrected chi connectivity index (χ2v) is 6.78. The van der Waals surface area contributed by atoms with Crippen LogP contribution in [-0.2, 0) is 9.53 Å². The lowest BCUT2D eigenvalue weighted by Crippen LogP contribution is -2.61. The lowest BCUT2D eigenvalue weighted by atomic mass is 9.97. The zero-order valence-corrected chi connectivity index (χ0v) is 15.0. The van der Waals surface area contributed by atoms with Gasteiger partial charge in [0.2, 0.25) is 5.91 Å². The molecule has 0 bridgehead atoms. The third-order valence-electron chi connectivity index (χ3n) is 4.66. The fourth-order valence-electron chi connectivity index (χ4n) is 3.08. The van der Waals surface area contributed by atoms with Crippen LogP contribution in [0.5, 0.6) is 0 Å². The Hall–Kier alpha value is -0.690. The lowest BCUT2D eigenvalue weighted by Gasteiger charge is -2.37. The highest BCUT2D eigenvalue weighted by Gasteiger charge is 2.39. The van der Waals surface area contributed by atoms with Gasteiger partial charge in [0.15, 0.2) is 0 Å². The van der Waals surface area contributed by atoms with Crippen molar-refractivity contribution in [1.82, 2.24) is 5.32 Å². The van der Waals surface area contributed by atoms with Crippen LogP contribution in [0, 0.1) is 0 Å². The molecule has 1 amide bonds. The fraction of sp³-hybridized carbons (Fsp3) is 0.944. The number of amides is 1. The summed E-state index contributed by atoms with van der Waals surface area (Å²) in [6.45, 7) is 1.89. The van der Waals surface area contributed by atoms with Crippen molar-refractivity contribution in [2.45, 2.75) is 95.5 Å². The predicted molar refractivity (Wildman–Crippen MR) is 92.6 cm³/mol. The highest BCUT2D eigenvalue weighted by Crippen LogP contribution is 2.16. The van der Waals surface area contributed by atoms with Gasteiger partial charge in [0.1, 0.15) is 18.3 Å². The maximum atomic E-state index is 12.0. The van der Waals surface area contributed by atoms with Crippen LogP contribution >= 0.6 is 0 Å². The van der Waals surface area contributed by atoms with E-state index < -0.39 is 24.4 Å². The van der Waals surface area contributed by atoms with E-state index in [1.54, 1.807) is 0 Å². The standard InChI is InChI=1S/C18H35NO5/c1-2-3-4-5-6-7-8-9-10-11-16(22)19-17-15(12-20)24-13-14(21)18(17)23/h14-15,17-18,20-21,23H,2-13H2,1H3,(H,19,22)/t14-,15+,17+,18+/m0/s1. The third kappa shape index (κ3) is 7.92. The molecule has 0 aromatic rings. The van der Waals surface area contributed by atoms with Crippen LogP contribution in [0.1, 0.15) is 71.1 Å². The molecule has 0 aliphatic carbocycles. The molecule has 0 saturated carbocycles. The first kappa shape index (κ1) is 21.4. The Balaban J connectivity index is 2.12. The minimum Gasteiger partial charge on any atom is -0.394 e. The van der Waals surface area contributed by atoms with Crippen molar-refractivity contribution in [2.75, 3.05) is 13.2 Å². The van der Waals surface area contributed by atoms with E-state index in [9.17, 15) is 20.1 Å². The van der Waals surface area contributed by atoms with Crippen molar-refractivity contribution >= 4 is 5.91 Å². The molecule has 0 aromatic carbocycles. The summed E-state index contributed by atoms with van der Waals surface area (Å²) in [4.78, 5) is 12.0. The van der Waals surface area contributed by atoms with Gasteiger partial charge in [-0.05, 0) is 6.42 Å². The van der Waals surface area contributed by atoms with Gasteiger partial charge in [-0.2, -0.15) is 0 Å². The topological polar surface area (TPSA) is 99.0 Å². The molecular formula is C18H35NO5. The first-order valence-corrected chi connectivity index (χ1v) is 9.48. The van der Waals surface area contributed by atoms with Crippen molar-refractivity contribution in [3.05, 3.63) is 0 Å². The van der Waals surface area contributed by atoms with Gasteiger partial charge in [-0.25, -0.2) is 0 Å². The van der Waals surface area contributed by atoms with E-state index in [1.807, 2.05) is 0 Å². The Morgan fingerprint density at radius 2 is 1.62 bits per heavy atom. The van der Waals surface area contributed by atoms with Crippen LogP contribution < -0.4 is 5.32 Å². The van der Waals surface area contributed by atoms with Crippen LogP contribution in [0.4, 0.5) is 0 Å². The average Bonchev–Trinajstić information content (AvgIpc) is 2.58. The van der Waals surface area contributed by atoms with E-state index in [1.165, 1.54) is 38.5 Å². The van der Waals surface area contributed by atoms with E-state index in [0.29, 0.717) is 6.42 Å². The van der Waals surface area contributed by atoms with E-state index in [0.717, 1.165) is 19.3 Å². The highest BCUT2D eigenvalue weighted by molar-refractivity contribution is 5.76. The van der Waals surface area contributed by atoms with E-state index in [2.05, 4.69) is 12.2 Å². The molecule has 6 heteroatoms. The van der Waals surface area contributed by atoms with Crippen LogP contribution in [0.3, 0.4) is 0 Å². The van der Waals surface area contributed by atoms with Gasteiger partial charge in [-0.1, -0.05) is 58.3 Å². The molecule has 1 heterocycles. The first-order valence-electron chi connectivity index (χ1n) is 9.48. The van der Waals surface area contributed by atoms with E-state index in [4.69, 9.17) is 4.74 Å². The van der Waals surface area contributed by atoms with E-state index in [-0.39, 0.29) is 19.1 Å². The third-order valence-corrected chi connectivity index (χ3v) is 4.66. The Morgan fingerprint density at radius 1 is 1.04 bits per heavy atom. The number of carbonyl (C=O) groups excluding carboxylic acids is 1. The number of nitrogens with one attached hydrogen (secondary N) is 1. The molecule has 4 N–H and O–H groups in total. The number of ether oxygens (including phenoxy) is 1. The summed E-state index contributed by atoms with van der Waals surface area (Å²) >= 11 is 0. The summed E-state index contributed by atoms with van der Waals surface area (Å²) in [6, 6.07) is -0.759. The van der Waals surface area contributed by atoms with Gasteiger partial charge in [0.25, 0.3) is 0 Å². The minimum atomic E-state index is -1.11. The molecule has 1 fully saturated rings. The summed E-state index contributed by atoms with van der Waals surface area (Å²) in [7, 11) is 0. The monoisotopic (exact) mass is 345 g/mol. The lowest BCUT2D eigenvalue weighted by molar-refractivity contribution is -0.156. The zero-order chi connectivity index (χ0) is 17.8. The van der Waals surface area contributed by atoms with E-state index >= 15 is 0 Å². The number of aliphatic hydroxyl groups is 3. The Kier molecular flexibility index (Phi) is 11.2. The molecule has 142 valence electrons. The Labute approximate surface area is 145 Å². The van der Waals surface area contributed by atoms with Gasteiger partial charge in [0, 0.05) is 6.42 Å². The molecule has 0 spiro atoms. The van der Waals surface area contributed by atoms with Gasteiger partial charge < -0.3 is 25.4 Å². The van der Waals surface area contributed by atoms with Crippen molar-refractivity contribution in [3.63, 3.8) is 0 Å². The SMILES string of the molecule is CCCCCCCCCCCC(=O)N[C@H]1[C@H](O)[C@@H](O)CO[C@@H]1CO. The second kappa shape index (κ2) is 12.6. The quantitative estimate of drug-likeness (QED) is 0.402. The normalized spacial score (nSPS) is 27.2. The summed E-state index contributed by atoms with van der Waals surface area (Å²) in [6.07, 6.45) is 8.27. The minimum absolute atomic E-state index is 0.0307. The van der Waals surface area contributed by atoms with Gasteiger partial charge >= 0.3 is 0 Å². The number of hydrogen-bond donors (Lipinski definition) is 4. The van der Waals surface area contributed by atoms with Gasteiger partial charge in [0.05, 0.1) is 19.3 Å². The summed E-state index contributed by atoms with van der Waals surface area (Å²) < 4.78 is 5.25. The van der Waals surface area contributed by atoms with Gasteiger partial charge in [-0.15, -0.1) is 0 Å². The van der Waals surface area contributed by atoms with Crippen molar-refractivity contribution in [3.8, 4) is 0 Å². The predicted octanol–water partition coefficient (Wildman–Crippen LogP) is 1.50. The molecule has 0 unspecified atom stereocenters. The summed E-state index contributed by atoms with van der Waals surface area (Å²) in [5, 5.41) is 31.5. The molecule has 24 heavy (non-hydrogen) atoms. The molecular weight excluding hydrogens is 310 g/mol. The summed E-state index contributed by atoms with van der Waals surface area (Å²) in [5.41, 5.74) is 0. The summed E-state index contributed by atoms with van der Waals surface area (Å²) in [5.74, 6) is -0.168. The molecule has 0 aromatic heterocycles. The van der Waals surface area contributed by atoms with Crippen LogP contribution in [0.2, 0.25) is 0 Å². The van der Waals surface area contributed by atoms with Crippen LogP contribution in [0.15, 0.2) is 0 Å². The largest absolute Gasteiger partial charge is 0.394 e. The average molecular weight is 345 g/mol. The first-order chi connectivity index (χ1) is 11.6. The Morgan fingerprint density at radius 3 is 2.21 bits per heavy atom.